The van der Waals surface area contributed by atoms with E-state index in [9.17, 15) is 4.39 Å². The Hall–Kier alpha value is -1.87. The van der Waals surface area contributed by atoms with Crippen molar-refractivity contribution in [2.24, 2.45) is 0 Å². The number of hydrogen-bond donors (Lipinski definition) is 1. The molecule has 0 bridgehead atoms. The molecule has 2 nitrogen and oxygen atoms in total. The topological polar surface area (TPSA) is 25.2 Å². The summed E-state index contributed by atoms with van der Waals surface area (Å²) in [5.41, 5.74) is 0.490. The summed E-state index contributed by atoms with van der Waals surface area (Å²) < 4.78 is 19.3. The van der Waals surface area contributed by atoms with Gasteiger partial charge in [0, 0.05) is 6.04 Å². The second kappa shape index (κ2) is 7.06. The maximum absolute atomic E-state index is 13.6. The SMILES string of the molecule is CCCNC(C)/C=C/c1ccc(-c2ccccc2F)o1. The molecule has 0 radical (unpaired) electrons. The van der Waals surface area contributed by atoms with Crippen LogP contribution in [-0.2, 0) is 0 Å². The van der Waals surface area contributed by atoms with Crippen molar-refractivity contribution in [3.63, 3.8) is 0 Å². The van der Waals surface area contributed by atoms with E-state index in [1.165, 1.54) is 6.07 Å². The first-order valence-corrected chi connectivity index (χ1v) is 6.97. The Bertz CT molecular complexity index is 574. The Morgan fingerprint density at radius 3 is 2.80 bits per heavy atom. The molecule has 106 valence electrons. The van der Waals surface area contributed by atoms with E-state index in [2.05, 4.69) is 19.2 Å². The molecule has 0 spiro atoms. The van der Waals surface area contributed by atoms with Crippen LogP contribution in [0.15, 0.2) is 46.9 Å². The third-order valence-electron chi connectivity index (χ3n) is 3.03. The Balaban J connectivity index is 2.06. The van der Waals surface area contributed by atoms with Crippen molar-refractivity contribution in [2.75, 3.05) is 6.54 Å². The van der Waals surface area contributed by atoms with Crippen LogP contribution >= 0.6 is 0 Å². The summed E-state index contributed by atoms with van der Waals surface area (Å²) in [7, 11) is 0. The van der Waals surface area contributed by atoms with Crippen LogP contribution < -0.4 is 5.32 Å². The number of furan rings is 1. The zero-order valence-corrected chi connectivity index (χ0v) is 11.9. The molecule has 1 heterocycles. The highest BCUT2D eigenvalue weighted by molar-refractivity contribution is 5.60. The van der Waals surface area contributed by atoms with Gasteiger partial charge in [-0.3, -0.25) is 0 Å². The fraction of sp³-hybridized carbons (Fsp3) is 0.294. The first kappa shape index (κ1) is 14.5. The summed E-state index contributed by atoms with van der Waals surface area (Å²) in [6.45, 7) is 5.22. The van der Waals surface area contributed by atoms with E-state index in [1.807, 2.05) is 18.2 Å². The number of hydrogen-bond acceptors (Lipinski definition) is 2. The normalized spacial score (nSPS) is 12.9. The molecule has 0 saturated carbocycles. The predicted octanol–water partition coefficient (Wildman–Crippen LogP) is 4.49. The summed E-state index contributed by atoms with van der Waals surface area (Å²) in [4.78, 5) is 0. The number of nitrogens with one attached hydrogen (secondary N) is 1. The zero-order chi connectivity index (χ0) is 14.4. The minimum Gasteiger partial charge on any atom is -0.457 e. The van der Waals surface area contributed by atoms with Crippen LogP contribution in [-0.4, -0.2) is 12.6 Å². The monoisotopic (exact) mass is 273 g/mol. The van der Waals surface area contributed by atoms with Gasteiger partial charge in [-0.25, -0.2) is 4.39 Å². The lowest BCUT2D eigenvalue weighted by Crippen LogP contribution is -2.24. The molecule has 1 unspecified atom stereocenters. The zero-order valence-electron chi connectivity index (χ0n) is 11.9. The molecular formula is C17H20FNO. The van der Waals surface area contributed by atoms with E-state index in [1.54, 1.807) is 24.3 Å². The van der Waals surface area contributed by atoms with Gasteiger partial charge in [0.15, 0.2) is 0 Å². The summed E-state index contributed by atoms with van der Waals surface area (Å²) >= 11 is 0. The number of benzene rings is 1. The lowest BCUT2D eigenvalue weighted by Gasteiger charge is -2.06. The molecule has 1 N–H and O–H groups in total. The van der Waals surface area contributed by atoms with Gasteiger partial charge >= 0.3 is 0 Å². The lowest BCUT2D eigenvalue weighted by molar-refractivity contribution is 0.559. The van der Waals surface area contributed by atoms with Crippen LogP contribution in [0.1, 0.15) is 26.0 Å². The summed E-state index contributed by atoms with van der Waals surface area (Å²) in [6, 6.07) is 10.6. The molecule has 20 heavy (non-hydrogen) atoms. The molecular weight excluding hydrogens is 253 g/mol. The first-order valence-electron chi connectivity index (χ1n) is 6.97. The maximum atomic E-state index is 13.6. The van der Waals surface area contributed by atoms with E-state index >= 15 is 0 Å². The first-order chi connectivity index (χ1) is 9.70. The standard InChI is InChI=1S/C17H20FNO/c1-3-12-19-13(2)8-9-14-10-11-17(20-14)15-6-4-5-7-16(15)18/h4-11,13,19H,3,12H2,1-2H3/b9-8+. The van der Waals surface area contributed by atoms with Crippen molar-refractivity contribution >= 4 is 6.08 Å². The highest BCUT2D eigenvalue weighted by Crippen LogP contribution is 2.25. The van der Waals surface area contributed by atoms with E-state index in [0.717, 1.165) is 18.7 Å². The fourth-order valence-corrected chi connectivity index (χ4v) is 1.93. The Morgan fingerprint density at radius 2 is 2.05 bits per heavy atom. The highest BCUT2D eigenvalue weighted by atomic mass is 19.1. The third kappa shape index (κ3) is 3.81. The van der Waals surface area contributed by atoms with Crippen LogP contribution in [0.5, 0.6) is 0 Å². The van der Waals surface area contributed by atoms with Crippen LogP contribution in [0, 0.1) is 5.82 Å². The van der Waals surface area contributed by atoms with Crippen LogP contribution in [0.3, 0.4) is 0 Å². The molecule has 2 rings (SSSR count). The summed E-state index contributed by atoms with van der Waals surface area (Å²) in [5.74, 6) is 1.01. The largest absolute Gasteiger partial charge is 0.457 e. The Labute approximate surface area is 119 Å². The highest BCUT2D eigenvalue weighted by Gasteiger charge is 2.07. The van der Waals surface area contributed by atoms with Crippen LogP contribution in [0.2, 0.25) is 0 Å². The number of halogens is 1. The van der Waals surface area contributed by atoms with E-state index < -0.39 is 0 Å². The van der Waals surface area contributed by atoms with Gasteiger partial charge in [-0.05, 0) is 50.2 Å². The molecule has 1 aromatic carbocycles. The average molecular weight is 273 g/mol. The van der Waals surface area contributed by atoms with Crippen molar-refractivity contribution in [1.82, 2.24) is 5.32 Å². The van der Waals surface area contributed by atoms with Crippen molar-refractivity contribution in [2.45, 2.75) is 26.3 Å². The van der Waals surface area contributed by atoms with Gasteiger partial charge in [0.2, 0.25) is 0 Å². The minimum absolute atomic E-state index is 0.268. The summed E-state index contributed by atoms with van der Waals surface area (Å²) in [6.07, 6.45) is 5.06. The molecule has 3 heteroatoms. The quantitative estimate of drug-likeness (QED) is 0.839. The molecule has 0 saturated heterocycles. The second-order valence-electron chi connectivity index (χ2n) is 4.78. The number of rotatable bonds is 6. The molecule has 1 atom stereocenters. The lowest BCUT2D eigenvalue weighted by atomic mass is 10.1. The molecule has 1 aromatic heterocycles. The van der Waals surface area contributed by atoms with Crippen molar-refractivity contribution in [3.8, 4) is 11.3 Å². The van der Waals surface area contributed by atoms with Crippen molar-refractivity contribution in [3.05, 3.63) is 54.1 Å². The van der Waals surface area contributed by atoms with Crippen LogP contribution in [0.4, 0.5) is 4.39 Å². The van der Waals surface area contributed by atoms with Gasteiger partial charge in [0.25, 0.3) is 0 Å². The van der Waals surface area contributed by atoms with Gasteiger partial charge in [-0.2, -0.15) is 0 Å². The van der Waals surface area contributed by atoms with E-state index in [-0.39, 0.29) is 11.9 Å². The Morgan fingerprint density at radius 1 is 1.25 bits per heavy atom. The van der Waals surface area contributed by atoms with Gasteiger partial charge < -0.3 is 9.73 Å². The molecule has 0 fully saturated rings. The van der Waals surface area contributed by atoms with Gasteiger partial charge in [0.05, 0.1) is 5.56 Å². The molecule has 2 aromatic rings. The van der Waals surface area contributed by atoms with Crippen molar-refractivity contribution < 1.29 is 8.81 Å². The average Bonchev–Trinajstić information content (AvgIpc) is 2.92. The van der Waals surface area contributed by atoms with Gasteiger partial charge in [-0.1, -0.05) is 25.1 Å². The van der Waals surface area contributed by atoms with Crippen molar-refractivity contribution in [1.29, 1.82) is 0 Å². The molecule has 0 aliphatic carbocycles. The smallest absolute Gasteiger partial charge is 0.137 e. The summed E-state index contributed by atoms with van der Waals surface area (Å²) in [5, 5.41) is 3.36. The Kier molecular flexibility index (Phi) is 5.13. The second-order valence-corrected chi connectivity index (χ2v) is 4.78. The van der Waals surface area contributed by atoms with Gasteiger partial charge in [0.1, 0.15) is 17.3 Å². The maximum Gasteiger partial charge on any atom is 0.137 e. The molecule has 0 amide bonds. The third-order valence-corrected chi connectivity index (χ3v) is 3.03. The van der Waals surface area contributed by atoms with Gasteiger partial charge in [-0.15, -0.1) is 0 Å². The van der Waals surface area contributed by atoms with E-state index in [0.29, 0.717) is 11.3 Å². The van der Waals surface area contributed by atoms with E-state index in [4.69, 9.17) is 4.42 Å². The molecule has 0 aliphatic rings. The predicted molar refractivity (Wildman–Crippen MR) is 80.9 cm³/mol. The fourth-order valence-electron chi connectivity index (χ4n) is 1.93. The minimum atomic E-state index is -0.268. The molecule has 0 aliphatic heterocycles. The van der Waals surface area contributed by atoms with Crippen LogP contribution in [0.25, 0.3) is 17.4 Å².